The van der Waals surface area contributed by atoms with Crippen LogP contribution < -0.4 is 4.74 Å². The molecule has 1 aromatic carbocycles. The van der Waals surface area contributed by atoms with Crippen LogP contribution in [0.3, 0.4) is 0 Å². The van der Waals surface area contributed by atoms with Gasteiger partial charge in [0.15, 0.2) is 6.61 Å². The molecular formula is C9H6ClNO6. The number of nitrogens with zero attached hydrogens (tertiary/aromatic N) is 1. The van der Waals surface area contributed by atoms with E-state index in [0.29, 0.717) is 6.29 Å². The van der Waals surface area contributed by atoms with Crippen LogP contribution in [0, 0.1) is 10.1 Å². The van der Waals surface area contributed by atoms with Crippen molar-refractivity contribution in [2.24, 2.45) is 0 Å². The third-order valence-corrected chi connectivity index (χ3v) is 2.00. The van der Waals surface area contributed by atoms with Gasteiger partial charge >= 0.3 is 11.7 Å². The highest BCUT2D eigenvalue weighted by atomic mass is 35.5. The molecule has 0 radical (unpaired) electrons. The van der Waals surface area contributed by atoms with Crippen LogP contribution in [-0.2, 0) is 4.79 Å². The highest BCUT2D eigenvalue weighted by Gasteiger charge is 2.21. The molecule has 0 saturated carbocycles. The lowest BCUT2D eigenvalue weighted by Crippen LogP contribution is -2.11. The number of carbonyl (C=O) groups excluding carboxylic acids is 1. The number of aliphatic carboxylic acids is 1. The van der Waals surface area contributed by atoms with E-state index >= 15 is 0 Å². The predicted octanol–water partition coefficient (Wildman–Crippen LogP) is 1.52. The zero-order valence-corrected chi connectivity index (χ0v) is 9.01. The molecule has 0 spiro atoms. The zero-order chi connectivity index (χ0) is 13.0. The first kappa shape index (κ1) is 12.9. The smallest absolute Gasteiger partial charge is 0.341 e. The van der Waals surface area contributed by atoms with E-state index in [4.69, 9.17) is 21.4 Å². The number of nitro groups is 1. The quantitative estimate of drug-likeness (QED) is 0.488. The molecule has 0 aliphatic heterocycles. The third-order valence-electron chi connectivity index (χ3n) is 1.72. The van der Waals surface area contributed by atoms with Crippen molar-refractivity contribution in [1.82, 2.24) is 0 Å². The summed E-state index contributed by atoms with van der Waals surface area (Å²) in [5.41, 5.74) is -0.551. The number of hydrogen-bond acceptors (Lipinski definition) is 5. The average molecular weight is 260 g/mol. The Labute approximate surface area is 99.7 Å². The Kier molecular flexibility index (Phi) is 4.00. The van der Waals surface area contributed by atoms with Gasteiger partial charge in [-0.3, -0.25) is 14.9 Å². The van der Waals surface area contributed by atoms with Gasteiger partial charge in [-0.15, -0.1) is 0 Å². The van der Waals surface area contributed by atoms with Crippen molar-refractivity contribution in [3.63, 3.8) is 0 Å². The number of aldehydes is 1. The lowest BCUT2D eigenvalue weighted by atomic mass is 10.2. The van der Waals surface area contributed by atoms with Crippen molar-refractivity contribution in [2.75, 3.05) is 6.61 Å². The molecule has 1 aromatic rings. The van der Waals surface area contributed by atoms with Crippen LogP contribution >= 0.6 is 11.6 Å². The lowest BCUT2D eigenvalue weighted by Gasteiger charge is -2.06. The summed E-state index contributed by atoms with van der Waals surface area (Å²) in [6.45, 7) is -0.763. The van der Waals surface area contributed by atoms with Crippen LogP contribution in [0.1, 0.15) is 10.4 Å². The fourth-order valence-corrected chi connectivity index (χ4v) is 1.36. The summed E-state index contributed by atoms with van der Waals surface area (Å²) in [6, 6.07) is 2.11. The Hall–Kier alpha value is -2.15. The van der Waals surface area contributed by atoms with E-state index in [1.807, 2.05) is 0 Å². The molecule has 0 aliphatic rings. The second-order valence-corrected chi connectivity index (χ2v) is 3.32. The van der Waals surface area contributed by atoms with Gasteiger partial charge in [0.2, 0.25) is 5.75 Å². The highest BCUT2D eigenvalue weighted by Crippen LogP contribution is 2.35. The third kappa shape index (κ3) is 3.15. The van der Waals surface area contributed by atoms with Crippen LogP contribution in [0.25, 0.3) is 0 Å². The Morgan fingerprint density at radius 2 is 2.24 bits per heavy atom. The summed E-state index contributed by atoms with van der Waals surface area (Å²) >= 11 is 5.66. The van der Waals surface area contributed by atoms with Gasteiger partial charge in [-0.25, -0.2) is 4.79 Å². The maximum Gasteiger partial charge on any atom is 0.341 e. The summed E-state index contributed by atoms with van der Waals surface area (Å²) in [4.78, 5) is 30.7. The monoisotopic (exact) mass is 259 g/mol. The minimum Gasteiger partial charge on any atom is -0.479 e. The first-order chi connectivity index (χ1) is 7.95. The maximum absolute atomic E-state index is 10.7. The minimum absolute atomic E-state index is 0.00405. The van der Waals surface area contributed by atoms with Crippen molar-refractivity contribution < 1.29 is 24.4 Å². The van der Waals surface area contributed by atoms with E-state index in [1.165, 1.54) is 0 Å². The van der Waals surface area contributed by atoms with Crippen molar-refractivity contribution in [1.29, 1.82) is 0 Å². The molecule has 0 heterocycles. The fraction of sp³-hybridized carbons (Fsp3) is 0.111. The molecule has 0 fully saturated rings. The standard InChI is InChI=1S/C9H6ClNO6/c10-6-1-5(3-12)2-7(11(15)16)9(6)17-4-8(13)14/h1-3H,4H2,(H,13,14). The topological polar surface area (TPSA) is 107 Å². The number of carbonyl (C=O) groups is 2. The Morgan fingerprint density at radius 3 is 2.71 bits per heavy atom. The van der Waals surface area contributed by atoms with E-state index in [1.54, 1.807) is 0 Å². The molecule has 0 unspecified atom stereocenters. The number of carboxylic acid groups (broad SMARTS) is 1. The molecule has 17 heavy (non-hydrogen) atoms. The summed E-state index contributed by atoms with van der Waals surface area (Å²) in [5.74, 6) is -1.67. The van der Waals surface area contributed by atoms with E-state index in [-0.39, 0.29) is 16.3 Å². The first-order valence-corrected chi connectivity index (χ1v) is 4.61. The molecule has 0 amide bonds. The molecule has 0 bridgehead atoms. The van der Waals surface area contributed by atoms with Gasteiger partial charge < -0.3 is 9.84 Å². The van der Waals surface area contributed by atoms with Gasteiger partial charge in [0, 0.05) is 11.6 Å². The number of rotatable bonds is 5. The molecule has 0 aromatic heterocycles. The number of halogens is 1. The summed E-state index contributed by atoms with van der Waals surface area (Å²) < 4.78 is 4.70. The van der Waals surface area contributed by atoms with Gasteiger partial charge in [-0.1, -0.05) is 11.6 Å². The van der Waals surface area contributed by atoms with Crippen LogP contribution in [0.2, 0.25) is 5.02 Å². The molecule has 7 nitrogen and oxygen atoms in total. The van der Waals surface area contributed by atoms with Gasteiger partial charge in [-0.2, -0.15) is 0 Å². The van der Waals surface area contributed by atoms with E-state index in [0.717, 1.165) is 12.1 Å². The fourth-order valence-electron chi connectivity index (χ4n) is 1.08. The lowest BCUT2D eigenvalue weighted by molar-refractivity contribution is -0.385. The largest absolute Gasteiger partial charge is 0.479 e. The maximum atomic E-state index is 10.7. The SMILES string of the molecule is O=Cc1cc(Cl)c(OCC(=O)O)c([N+](=O)[O-])c1. The van der Waals surface area contributed by atoms with Crippen molar-refractivity contribution >= 4 is 29.5 Å². The molecule has 0 saturated heterocycles. The first-order valence-electron chi connectivity index (χ1n) is 4.23. The van der Waals surface area contributed by atoms with Crippen LogP contribution in [0.4, 0.5) is 5.69 Å². The molecule has 90 valence electrons. The van der Waals surface area contributed by atoms with Gasteiger partial charge in [0.05, 0.1) is 9.95 Å². The van der Waals surface area contributed by atoms with E-state index in [9.17, 15) is 19.7 Å². The number of hydrogen-bond donors (Lipinski definition) is 1. The molecular weight excluding hydrogens is 254 g/mol. The van der Waals surface area contributed by atoms with E-state index < -0.39 is 23.2 Å². The van der Waals surface area contributed by atoms with Gasteiger partial charge in [-0.05, 0) is 6.07 Å². The summed E-state index contributed by atoms with van der Waals surface area (Å²) in [6.07, 6.45) is 0.389. The highest BCUT2D eigenvalue weighted by molar-refractivity contribution is 6.32. The van der Waals surface area contributed by atoms with Crippen LogP contribution in [0.5, 0.6) is 5.75 Å². The molecule has 1 N–H and O–H groups in total. The molecule has 8 heteroatoms. The summed E-state index contributed by atoms with van der Waals surface area (Å²) in [7, 11) is 0. The Morgan fingerprint density at radius 1 is 1.59 bits per heavy atom. The second-order valence-electron chi connectivity index (χ2n) is 2.91. The number of nitro benzene ring substituents is 1. The summed E-state index contributed by atoms with van der Waals surface area (Å²) in [5, 5.41) is 18.9. The predicted molar refractivity (Wildman–Crippen MR) is 56.6 cm³/mol. The van der Waals surface area contributed by atoms with Crippen molar-refractivity contribution in [3.8, 4) is 5.75 Å². The Balaban J connectivity index is 3.21. The van der Waals surface area contributed by atoms with Crippen LogP contribution in [0.15, 0.2) is 12.1 Å². The molecule has 1 rings (SSSR count). The number of carboxylic acids is 1. The second kappa shape index (κ2) is 5.26. The van der Waals surface area contributed by atoms with Crippen LogP contribution in [-0.4, -0.2) is 28.9 Å². The van der Waals surface area contributed by atoms with Crippen molar-refractivity contribution in [3.05, 3.63) is 32.8 Å². The zero-order valence-electron chi connectivity index (χ0n) is 8.25. The average Bonchev–Trinajstić information content (AvgIpc) is 2.25. The normalized spacial score (nSPS) is 9.71. The van der Waals surface area contributed by atoms with Gasteiger partial charge in [0.1, 0.15) is 6.29 Å². The van der Waals surface area contributed by atoms with E-state index in [2.05, 4.69) is 0 Å². The molecule has 0 aliphatic carbocycles. The Bertz CT molecular complexity index is 487. The number of benzene rings is 1. The van der Waals surface area contributed by atoms with Gasteiger partial charge in [0.25, 0.3) is 0 Å². The molecule has 0 atom stereocenters. The van der Waals surface area contributed by atoms with Crippen molar-refractivity contribution in [2.45, 2.75) is 0 Å². The number of ether oxygens (including phenoxy) is 1. The minimum atomic E-state index is -1.30.